The van der Waals surface area contributed by atoms with Gasteiger partial charge in [-0.25, -0.2) is 4.98 Å². The summed E-state index contributed by atoms with van der Waals surface area (Å²) in [6.07, 6.45) is 10.1. The van der Waals surface area contributed by atoms with Crippen LogP contribution in [-0.4, -0.2) is 38.4 Å². The summed E-state index contributed by atoms with van der Waals surface area (Å²) in [7, 11) is 0. The van der Waals surface area contributed by atoms with E-state index in [-0.39, 0.29) is 0 Å². The highest BCUT2D eigenvalue weighted by molar-refractivity contribution is 5.85. The van der Waals surface area contributed by atoms with Gasteiger partial charge in [-0.15, -0.1) is 0 Å². The van der Waals surface area contributed by atoms with E-state index in [4.69, 9.17) is 4.98 Å². The van der Waals surface area contributed by atoms with Gasteiger partial charge in [0, 0.05) is 43.1 Å². The first-order chi connectivity index (χ1) is 12.8. The van der Waals surface area contributed by atoms with Gasteiger partial charge in [-0.3, -0.25) is 0 Å². The molecule has 132 valence electrons. The molecule has 0 amide bonds. The van der Waals surface area contributed by atoms with Gasteiger partial charge in [0.05, 0.1) is 5.69 Å². The minimum atomic E-state index is 0.724. The van der Waals surface area contributed by atoms with Crippen molar-refractivity contribution in [3.8, 4) is 11.1 Å². The highest BCUT2D eigenvalue weighted by Crippen LogP contribution is 2.25. The molecule has 1 aromatic carbocycles. The second-order valence-corrected chi connectivity index (χ2v) is 7.47. The maximum Gasteiger partial charge on any atom is 0.137 e. The first kappa shape index (κ1) is 15.6. The fraction of sp³-hybridized carbons (Fsp3) is 0.318. The summed E-state index contributed by atoms with van der Waals surface area (Å²) < 4.78 is 2.17. The largest absolute Gasteiger partial charge is 0.361 e. The number of fused-ring (bicyclic) bond motifs is 2. The van der Waals surface area contributed by atoms with Crippen molar-refractivity contribution in [1.82, 2.24) is 19.3 Å². The zero-order valence-corrected chi connectivity index (χ0v) is 15.2. The van der Waals surface area contributed by atoms with Gasteiger partial charge >= 0.3 is 0 Å². The molecule has 5 rings (SSSR count). The third kappa shape index (κ3) is 2.80. The fourth-order valence-corrected chi connectivity index (χ4v) is 4.15. The summed E-state index contributed by atoms with van der Waals surface area (Å²) in [4.78, 5) is 10.6. The molecule has 0 aliphatic carbocycles. The SMILES string of the molecule is CC1CCCN1CCc1cn2cc(-c3ccc4[nH]ccc4c3)ccc2n1. The molecule has 1 aliphatic rings. The number of H-pyrrole nitrogens is 1. The molecule has 1 aliphatic heterocycles. The smallest absolute Gasteiger partial charge is 0.137 e. The van der Waals surface area contributed by atoms with Gasteiger partial charge < -0.3 is 14.3 Å². The molecule has 3 aromatic heterocycles. The first-order valence-corrected chi connectivity index (χ1v) is 9.55. The average molecular weight is 344 g/mol. The minimum absolute atomic E-state index is 0.724. The summed E-state index contributed by atoms with van der Waals surface area (Å²) in [5.74, 6) is 0. The number of hydrogen-bond donors (Lipinski definition) is 1. The first-order valence-electron chi connectivity index (χ1n) is 9.55. The van der Waals surface area contributed by atoms with Gasteiger partial charge in [-0.1, -0.05) is 6.07 Å². The van der Waals surface area contributed by atoms with Gasteiger partial charge in [-0.05, 0) is 73.2 Å². The summed E-state index contributed by atoms with van der Waals surface area (Å²) >= 11 is 0. The van der Waals surface area contributed by atoms with Gasteiger partial charge in [0.25, 0.3) is 0 Å². The molecule has 4 heteroatoms. The molecule has 4 aromatic rings. The Kier molecular flexibility index (Phi) is 3.79. The van der Waals surface area contributed by atoms with Crippen molar-refractivity contribution in [2.45, 2.75) is 32.2 Å². The number of benzene rings is 1. The molecule has 1 unspecified atom stereocenters. The van der Waals surface area contributed by atoms with Crippen molar-refractivity contribution in [3.63, 3.8) is 0 Å². The van der Waals surface area contributed by atoms with E-state index in [1.807, 2.05) is 6.20 Å². The van der Waals surface area contributed by atoms with Crippen LogP contribution in [0.4, 0.5) is 0 Å². The zero-order chi connectivity index (χ0) is 17.5. The summed E-state index contributed by atoms with van der Waals surface area (Å²) in [5.41, 5.74) is 5.84. The molecule has 1 atom stereocenters. The lowest BCUT2D eigenvalue weighted by Gasteiger charge is -2.19. The van der Waals surface area contributed by atoms with Crippen molar-refractivity contribution in [2.24, 2.45) is 0 Å². The van der Waals surface area contributed by atoms with Gasteiger partial charge in [0.2, 0.25) is 0 Å². The van der Waals surface area contributed by atoms with E-state index in [2.05, 4.69) is 70.0 Å². The van der Waals surface area contributed by atoms with E-state index in [1.165, 1.54) is 47.1 Å². The van der Waals surface area contributed by atoms with E-state index >= 15 is 0 Å². The van der Waals surface area contributed by atoms with Crippen LogP contribution in [0.1, 0.15) is 25.5 Å². The van der Waals surface area contributed by atoms with Crippen LogP contribution >= 0.6 is 0 Å². The van der Waals surface area contributed by atoms with Crippen molar-refractivity contribution in [2.75, 3.05) is 13.1 Å². The number of pyridine rings is 1. The van der Waals surface area contributed by atoms with Crippen LogP contribution in [0.25, 0.3) is 27.7 Å². The molecular weight excluding hydrogens is 320 g/mol. The summed E-state index contributed by atoms with van der Waals surface area (Å²) in [5, 5.41) is 1.24. The van der Waals surface area contributed by atoms with E-state index in [0.29, 0.717) is 0 Å². The second-order valence-electron chi connectivity index (χ2n) is 7.47. The second kappa shape index (κ2) is 6.29. The zero-order valence-electron chi connectivity index (χ0n) is 15.2. The molecule has 1 fully saturated rings. The number of likely N-dealkylation sites (tertiary alicyclic amines) is 1. The highest BCUT2D eigenvalue weighted by Gasteiger charge is 2.19. The van der Waals surface area contributed by atoms with Gasteiger partial charge in [0.15, 0.2) is 0 Å². The predicted octanol–water partition coefficient (Wildman–Crippen LogP) is 4.51. The molecule has 0 bridgehead atoms. The van der Waals surface area contributed by atoms with E-state index in [0.717, 1.165) is 24.7 Å². The maximum atomic E-state index is 4.81. The maximum absolute atomic E-state index is 4.81. The highest BCUT2D eigenvalue weighted by atomic mass is 15.2. The average Bonchev–Trinajstić information content (AvgIpc) is 3.37. The molecule has 0 radical (unpaired) electrons. The van der Waals surface area contributed by atoms with E-state index in [1.54, 1.807) is 0 Å². The van der Waals surface area contributed by atoms with Crippen molar-refractivity contribution < 1.29 is 0 Å². The van der Waals surface area contributed by atoms with Crippen LogP contribution < -0.4 is 0 Å². The molecular formula is C22H24N4. The number of aromatic nitrogens is 3. The topological polar surface area (TPSA) is 36.3 Å². The quantitative estimate of drug-likeness (QED) is 0.591. The third-order valence-corrected chi connectivity index (χ3v) is 5.73. The Hall–Kier alpha value is -2.59. The monoisotopic (exact) mass is 344 g/mol. The Morgan fingerprint density at radius 1 is 1.12 bits per heavy atom. The number of aromatic amines is 1. The lowest BCUT2D eigenvalue weighted by Crippen LogP contribution is -2.29. The van der Waals surface area contributed by atoms with Gasteiger partial charge in [0.1, 0.15) is 5.65 Å². The van der Waals surface area contributed by atoms with Crippen LogP contribution in [0.2, 0.25) is 0 Å². The van der Waals surface area contributed by atoms with Gasteiger partial charge in [-0.2, -0.15) is 0 Å². The number of nitrogens with one attached hydrogen (secondary N) is 1. The normalized spacial score (nSPS) is 18.3. The molecule has 4 heterocycles. The van der Waals surface area contributed by atoms with Crippen LogP contribution in [0.5, 0.6) is 0 Å². The minimum Gasteiger partial charge on any atom is -0.361 e. The predicted molar refractivity (Wildman–Crippen MR) is 106 cm³/mol. The van der Waals surface area contributed by atoms with Crippen molar-refractivity contribution in [1.29, 1.82) is 0 Å². The fourth-order valence-electron chi connectivity index (χ4n) is 4.15. The molecule has 26 heavy (non-hydrogen) atoms. The summed E-state index contributed by atoms with van der Waals surface area (Å²) in [6, 6.07) is 13.7. The molecule has 4 nitrogen and oxygen atoms in total. The molecule has 1 saturated heterocycles. The Morgan fingerprint density at radius 3 is 2.92 bits per heavy atom. The summed E-state index contributed by atoms with van der Waals surface area (Å²) in [6.45, 7) is 4.69. The Balaban J connectivity index is 1.40. The van der Waals surface area contributed by atoms with Crippen molar-refractivity contribution in [3.05, 3.63) is 60.7 Å². The molecule has 0 saturated carbocycles. The standard InChI is InChI=1S/C22H24N4/c1-16-3-2-11-25(16)12-9-20-15-26-14-19(5-7-22(26)24-20)17-4-6-21-18(13-17)8-10-23-21/h4-8,10,13-16,23H,2-3,9,11-12H2,1H3. The number of rotatable bonds is 4. The van der Waals surface area contributed by atoms with E-state index < -0.39 is 0 Å². The lowest BCUT2D eigenvalue weighted by atomic mass is 10.1. The van der Waals surface area contributed by atoms with E-state index in [9.17, 15) is 0 Å². The third-order valence-electron chi connectivity index (χ3n) is 5.73. The van der Waals surface area contributed by atoms with Crippen LogP contribution in [0, 0.1) is 0 Å². The van der Waals surface area contributed by atoms with Crippen molar-refractivity contribution >= 4 is 16.6 Å². The molecule has 0 spiro atoms. The Labute approximate surface area is 153 Å². The Bertz CT molecular complexity index is 1060. The molecule has 1 N–H and O–H groups in total. The van der Waals surface area contributed by atoms with Crippen LogP contribution in [-0.2, 0) is 6.42 Å². The van der Waals surface area contributed by atoms with Crippen LogP contribution in [0.3, 0.4) is 0 Å². The number of imidazole rings is 1. The number of hydrogen-bond acceptors (Lipinski definition) is 2. The van der Waals surface area contributed by atoms with Crippen LogP contribution in [0.15, 0.2) is 55.0 Å². The lowest BCUT2D eigenvalue weighted by molar-refractivity contribution is 0.271. The Morgan fingerprint density at radius 2 is 2.04 bits per heavy atom. The number of nitrogens with zero attached hydrogens (tertiary/aromatic N) is 3.